The number of ether oxygens (including phenoxy) is 1. The van der Waals surface area contributed by atoms with Crippen LogP contribution in [0.15, 0.2) is 0 Å². The molecule has 0 heterocycles. The molecule has 0 bridgehead atoms. The van der Waals surface area contributed by atoms with E-state index in [1.807, 2.05) is 0 Å². The molecule has 0 aromatic heterocycles. The minimum atomic E-state index is 0.809. The Morgan fingerprint density at radius 1 is 1.46 bits per heavy atom. The van der Waals surface area contributed by atoms with Gasteiger partial charge in [0.05, 0.1) is 0 Å². The van der Waals surface area contributed by atoms with Crippen LogP contribution in [0.4, 0.5) is 0 Å². The first kappa shape index (κ1) is 11.0. The van der Waals surface area contributed by atoms with E-state index in [1.54, 1.807) is 0 Å². The van der Waals surface area contributed by atoms with Gasteiger partial charge in [-0.25, -0.2) is 0 Å². The zero-order valence-corrected chi connectivity index (χ0v) is 8.80. The number of hydrogen-bond acceptors (Lipinski definition) is 1. The van der Waals surface area contributed by atoms with Crippen LogP contribution in [0.1, 0.15) is 39.0 Å². The molecule has 2 unspecified atom stereocenters. The van der Waals surface area contributed by atoms with E-state index in [1.165, 1.54) is 19.3 Å². The summed E-state index contributed by atoms with van der Waals surface area (Å²) in [7, 11) is 0. The van der Waals surface area contributed by atoms with Crippen LogP contribution < -0.4 is 0 Å². The monoisotopic (exact) mass is 182 g/mol. The summed E-state index contributed by atoms with van der Waals surface area (Å²) in [4.78, 5) is 0. The van der Waals surface area contributed by atoms with Crippen LogP contribution >= 0.6 is 0 Å². The normalized spacial score (nSPS) is 28.2. The van der Waals surface area contributed by atoms with E-state index in [0.29, 0.717) is 0 Å². The Hall–Kier alpha value is -0.0400. The molecule has 1 fully saturated rings. The highest BCUT2D eigenvalue weighted by atomic mass is 16.5. The van der Waals surface area contributed by atoms with Gasteiger partial charge in [-0.05, 0) is 43.9 Å². The molecule has 1 saturated carbocycles. The highest BCUT2D eigenvalue weighted by Gasteiger charge is 2.22. The average Bonchev–Trinajstić information content (AvgIpc) is 2.60. The third-order valence-corrected chi connectivity index (χ3v) is 2.83. The molecule has 76 valence electrons. The first-order valence-electron chi connectivity index (χ1n) is 5.57. The molecule has 2 atom stereocenters. The smallest absolute Gasteiger partial charge is 0.0468 e. The molecule has 0 aromatic carbocycles. The van der Waals surface area contributed by atoms with Crippen LogP contribution in [0, 0.1) is 25.2 Å². The highest BCUT2D eigenvalue weighted by molar-refractivity contribution is 4.89. The molecule has 0 N–H and O–H groups in total. The standard InChI is InChI=1S/C12H22O/c1-3-8-13-9-7-12-6-5-11(4-2)10-12/h6,11-12H,2-5,7-10H2,1H3. The summed E-state index contributed by atoms with van der Waals surface area (Å²) in [5.74, 6) is 1.67. The molecule has 0 aliphatic heterocycles. The summed E-state index contributed by atoms with van der Waals surface area (Å²) in [6.45, 7) is 7.98. The van der Waals surface area contributed by atoms with Crippen molar-refractivity contribution in [1.82, 2.24) is 0 Å². The largest absolute Gasteiger partial charge is 0.381 e. The summed E-state index contributed by atoms with van der Waals surface area (Å²) >= 11 is 0. The number of rotatable bonds is 6. The quantitative estimate of drug-likeness (QED) is 0.573. The van der Waals surface area contributed by atoms with Crippen LogP contribution in [0.2, 0.25) is 0 Å². The van der Waals surface area contributed by atoms with Gasteiger partial charge in [0.2, 0.25) is 0 Å². The number of hydrogen-bond donors (Lipinski definition) is 0. The van der Waals surface area contributed by atoms with Gasteiger partial charge in [-0.15, -0.1) is 0 Å². The Kier molecular flexibility index (Phi) is 5.45. The second kappa shape index (κ2) is 6.42. The van der Waals surface area contributed by atoms with Crippen LogP contribution in [-0.4, -0.2) is 13.2 Å². The summed E-state index contributed by atoms with van der Waals surface area (Å²) in [6, 6.07) is 0. The van der Waals surface area contributed by atoms with Crippen molar-refractivity contribution < 1.29 is 4.74 Å². The molecule has 0 spiro atoms. The molecular weight excluding hydrogens is 160 g/mol. The van der Waals surface area contributed by atoms with Gasteiger partial charge in [0.15, 0.2) is 0 Å². The molecule has 0 saturated heterocycles. The topological polar surface area (TPSA) is 9.23 Å². The van der Waals surface area contributed by atoms with E-state index in [2.05, 4.69) is 20.3 Å². The van der Waals surface area contributed by atoms with E-state index in [-0.39, 0.29) is 0 Å². The summed E-state index contributed by atoms with van der Waals surface area (Å²) in [6.07, 6.45) is 8.54. The second-order valence-electron chi connectivity index (χ2n) is 4.02. The van der Waals surface area contributed by atoms with Crippen LogP contribution in [-0.2, 0) is 4.74 Å². The van der Waals surface area contributed by atoms with Gasteiger partial charge in [-0.1, -0.05) is 20.3 Å². The van der Waals surface area contributed by atoms with Crippen molar-refractivity contribution in [3.63, 3.8) is 0 Å². The van der Waals surface area contributed by atoms with Gasteiger partial charge in [-0.3, -0.25) is 0 Å². The summed E-state index contributed by atoms with van der Waals surface area (Å²) in [5, 5.41) is 0. The Morgan fingerprint density at radius 3 is 2.92 bits per heavy atom. The predicted molar refractivity (Wildman–Crippen MR) is 56.2 cm³/mol. The lowest BCUT2D eigenvalue weighted by Crippen LogP contribution is -2.03. The van der Waals surface area contributed by atoms with Crippen LogP contribution in [0.3, 0.4) is 0 Å². The van der Waals surface area contributed by atoms with Crippen molar-refractivity contribution >= 4 is 0 Å². The Morgan fingerprint density at radius 2 is 2.31 bits per heavy atom. The molecule has 0 amide bonds. The molecular formula is C12H22O. The fourth-order valence-electron chi connectivity index (χ4n) is 1.96. The van der Waals surface area contributed by atoms with E-state index in [0.717, 1.165) is 37.9 Å². The average molecular weight is 182 g/mol. The van der Waals surface area contributed by atoms with E-state index >= 15 is 0 Å². The minimum absolute atomic E-state index is 0.809. The van der Waals surface area contributed by atoms with E-state index < -0.39 is 0 Å². The first-order chi connectivity index (χ1) is 6.36. The molecule has 1 aliphatic rings. The summed E-state index contributed by atoms with van der Waals surface area (Å²) < 4.78 is 5.48. The van der Waals surface area contributed by atoms with Crippen molar-refractivity contribution in [3.8, 4) is 0 Å². The SMILES string of the molecule is [CH2]CC1C[CH]C(CCOCCC)C1. The molecule has 1 aliphatic carbocycles. The zero-order chi connectivity index (χ0) is 9.52. The Labute approximate surface area is 82.9 Å². The van der Waals surface area contributed by atoms with Gasteiger partial charge in [-0.2, -0.15) is 0 Å². The van der Waals surface area contributed by atoms with Gasteiger partial charge in [0, 0.05) is 13.2 Å². The third-order valence-electron chi connectivity index (χ3n) is 2.83. The molecule has 1 rings (SSSR count). The van der Waals surface area contributed by atoms with Crippen molar-refractivity contribution in [2.45, 2.75) is 39.0 Å². The maximum Gasteiger partial charge on any atom is 0.0468 e. The lowest BCUT2D eigenvalue weighted by molar-refractivity contribution is 0.123. The fraction of sp³-hybridized carbons (Fsp3) is 0.833. The van der Waals surface area contributed by atoms with Crippen LogP contribution in [0.5, 0.6) is 0 Å². The van der Waals surface area contributed by atoms with Gasteiger partial charge < -0.3 is 4.74 Å². The van der Waals surface area contributed by atoms with E-state index in [9.17, 15) is 0 Å². The van der Waals surface area contributed by atoms with Crippen molar-refractivity contribution in [2.75, 3.05) is 13.2 Å². The molecule has 0 aromatic rings. The summed E-state index contributed by atoms with van der Waals surface area (Å²) in [5.41, 5.74) is 0. The predicted octanol–water partition coefficient (Wildman–Crippen LogP) is 3.26. The molecule has 13 heavy (non-hydrogen) atoms. The second-order valence-corrected chi connectivity index (χ2v) is 4.02. The Bertz CT molecular complexity index is 122. The van der Waals surface area contributed by atoms with E-state index in [4.69, 9.17) is 4.74 Å². The minimum Gasteiger partial charge on any atom is -0.381 e. The first-order valence-corrected chi connectivity index (χ1v) is 5.57. The van der Waals surface area contributed by atoms with Crippen molar-refractivity contribution in [2.24, 2.45) is 11.8 Å². The van der Waals surface area contributed by atoms with Crippen LogP contribution in [0.25, 0.3) is 0 Å². The third kappa shape index (κ3) is 4.12. The lowest BCUT2D eigenvalue weighted by Gasteiger charge is -2.09. The maximum atomic E-state index is 5.48. The van der Waals surface area contributed by atoms with Gasteiger partial charge in [0.1, 0.15) is 0 Å². The van der Waals surface area contributed by atoms with Gasteiger partial charge in [0.25, 0.3) is 0 Å². The lowest BCUT2D eigenvalue weighted by atomic mass is 10.0. The zero-order valence-electron chi connectivity index (χ0n) is 8.80. The Balaban J connectivity index is 1.97. The van der Waals surface area contributed by atoms with Crippen molar-refractivity contribution in [3.05, 3.63) is 13.3 Å². The maximum absolute atomic E-state index is 5.48. The fourth-order valence-corrected chi connectivity index (χ4v) is 1.96. The molecule has 2 radical (unpaired) electrons. The van der Waals surface area contributed by atoms with Crippen molar-refractivity contribution in [1.29, 1.82) is 0 Å². The van der Waals surface area contributed by atoms with Gasteiger partial charge >= 0.3 is 0 Å². The highest BCUT2D eigenvalue weighted by Crippen LogP contribution is 2.33. The molecule has 1 nitrogen and oxygen atoms in total. The molecule has 1 heteroatoms.